The van der Waals surface area contributed by atoms with Gasteiger partial charge in [-0.25, -0.2) is 0 Å². The molecule has 6 heteroatoms. The number of nitrogens with zero attached hydrogens (tertiary/aromatic N) is 1. The van der Waals surface area contributed by atoms with Crippen LogP contribution in [0.1, 0.15) is 12.0 Å². The zero-order chi connectivity index (χ0) is 15.0. The highest BCUT2D eigenvalue weighted by Gasteiger charge is 2.49. The molecule has 3 rings (SSSR count). The summed E-state index contributed by atoms with van der Waals surface area (Å²) < 4.78 is 6.54. The van der Waals surface area contributed by atoms with Gasteiger partial charge in [0.05, 0.1) is 21.8 Å². The molecule has 110 valence electrons. The Balaban J connectivity index is 1.92. The minimum Gasteiger partial charge on any atom is -0.495 e. The van der Waals surface area contributed by atoms with E-state index in [9.17, 15) is 5.11 Å². The fourth-order valence-corrected chi connectivity index (χ4v) is 4.27. The van der Waals surface area contributed by atoms with E-state index < -0.39 is 11.7 Å². The van der Waals surface area contributed by atoms with Crippen LogP contribution in [0.4, 0.5) is 0 Å². The van der Waals surface area contributed by atoms with Crippen LogP contribution in [0.15, 0.2) is 56.3 Å². The standard InChI is InChI=1S/C15H13Br2NO3/c1-20-13-10(16)7-15(14(19)12(13)17)8-11(18-21-15)9-5-3-2-4-6-9/h2-7,14,19H,8H2,1H3/t14-,15+/m0/s1. The average molecular weight is 415 g/mol. The summed E-state index contributed by atoms with van der Waals surface area (Å²) in [5.41, 5.74) is 0.890. The summed E-state index contributed by atoms with van der Waals surface area (Å²) in [4.78, 5) is 5.61. The van der Waals surface area contributed by atoms with Gasteiger partial charge in [0.25, 0.3) is 0 Å². The molecule has 1 aromatic carbocycles. The SMILES string of the molecule is COC1=C(Br)[C@H](O)[C@@]2(C=C1Br)CC(c1ccccc1)=NO2. The van der Waals surface area contributed by atoms with E-state index >= 15 is 0 Å². The van der Waals surface area contributed by atoms with E-state index in [1.165, 1.54) is 0 Å². The lowest BCUT2D eigenvalue weighted by molar-refractivity contribution is -0.0570. The third-order valence-electron chi connectivity index (χ3n) is 3.59. The summed E-state index contributed by atoms with van der Waals surface area (Å²) in [7, 11) is 1.55. The quantitative estimate of drug-likeness (QED) is 0.806. The molecule has 0 amide bonds. The molecule has 1 spiro atoms. The number of halogens is 2. The van der Waals surface area contributed by atoms with Gasteiger partial charge in [-0.15, -0.1) is 0 Å². The predicted molar refractivity (Wildman–Crippen MR) is 87.4 cm³/mol. The van der Waals surface area contributed by atoms with E-state index in [1.807, 2.05) is 30.3 Å². The van der Waals surface area contributed by atoms with E-state index in [-0.39, 0.29) is 0 Å². The van der Waals surface area contributed by atoms with E-state index in [4.69, 9.17) is 9.57 Å². The van der Waals surface area contributed by atoms with E-state index in [2.05, 4.69) is 37.0 Å². The van der Waals surface area contributed by atoms with Crippen molar-refractivity contribution in [2.45, 2.75) is 18.1 Å². The molecule has 0 unspecified atom stereocenters. The number of hydrogen-bond donors (Lipinski definition) is 1. The molecular weight excluding hydrogens is 402 g/mol. The second kappa shape index (κ2) is 5.59. The minimum absolute atomic E-state index is 0.485. The first kappa shape index (κ1) is 14.8. The number of ether oxygens (including phenoxy) is 1. The van der Waals surface area contributed by atoms with Gasteiger partial charge in [0, 0.05) is 6.42 Å². The maximum atomic E-state index is 10.6. The molecule has 1 aliphatic carbocycles. The number of oxime groups is 1. The third kappa shape index (κ3) is 2.45. The number of hydrogen-bond acceptors (Lipinski definition) is 4. The largest absolute Gasteiger partial charge is 0.495 e. The maximum absolute atomic E-state index is 10.6. The molecule has 4 nitrogen and oxygen atoms in total. The summed E-state index contributed by atoms with van der Waals surface area (Å²) >= 11 is 6.84. The van der Waals surface area contributed by atoms with Gasteiger partial charge in [-0.3, -0.25) is 0 Å². The predicted octanol–water partition coefficient (Wildman–Crippen LogP) is 3.46. The minimum atomic E-state index is -0.912. The van der Waals surface area contributed by atoms with Crippen molar-refractivity contribution in [2.75, 3.05) is 7.11 Å². The third-order valence-corrected chi connectivity index (χ3v) is 4.97. The molecular formula is C15H13Br2NO3. The Kier molecular flexibility index (Phi) is 3.94. The van der Waals surface area contributed by atoms with Crippen molar-refractivity contribution >= 4 is 37.6 Å². The fraction of sp³-hybridized carbons (Fsp3) is 0.267. The van der Waals surface area contributed by atoms with Crippen molar-refractivity contribution in [3.63, 3.8) is 0 Å². The zero-order valence-corrected chi connectivity index (χ0v) is 14.4. The van der Waals surface area contributed by atoms with Crippen molar-refractivity contribution in [1.29, 1.82) is 0 Å². The molecule has 0 radical (unpaired) electrons. The number of aliphatic hydroxyl groups excluding tert-OH is 1. The Morgan fingerprint density at radius 1 is 1.33 bits per heavy atom. The molecule has 21 heavy (non-hydrogen) atoms. The Morgan fingerprint density at radius 3 is 2.71 bits per heavy atom. The fourth-order valence-electron chi connectivity index (χ4n) is 2.48. The first-order valence-corrected chi connectivity index (χ1v) is 7.97. The Hall–Kier alpha value is -1.11. The molecule has 1 N–H and O–H groups in total. The lowest BCUT2D eigenvalue weighted by atomic mass is 9.85. The molecule has 2 atom stereocenters. The van der Waals surface area contributed by atoms with Crippen LogP contribution in [0, 0.1) is 0 Å². The van der Waals surface area contributed by atoms with Gasteiger partial charge in [0.1, 0.15) is 11.9 Å². The topological polar surface area (TPSA) is 51.0 Å². The second-order valence-electron chi connectivity index (χ2n) is 4.90. The summed E-state index contributed by atoms with van der Waals surface area (Å²) in [6.07, 6.45) is 1.42. The highest BCUT2D eigenvalue weighted by molar-refractivity contribution is 9.12. The van der Waals surface area contributed by atoms with Gasteiger partial charge in [0.15, 0.2) is 5.60 Å². The van der Waals surface area contributed by atoms with Crippen molar-refractivity contribution in [3.05, 3.63) is 56.7 Å². The number of allylic oxidation sites excluding steroid dienone is 1. The molecule has 1 aliphatic heterocycles. The monoisotopic (exact) mass is 413 g/mol. The first-order valence-electron chi connectivity index (χ1n) is 6.38. The van der Waals surface area contributed by atoms with Gasteiger partial charge in [-0.05, 0) is 43.5 Å². The average Bonchev–Trinajstić information content (AvgIpc) is 2.92. The van der Waals surface area contributed by atoms with Gasteiger partial charge >= 0.3 is 0 Å². The Labute approximate surface area is 139 Å². The summed E-state index contributed by atoms with van der Waals surface area (Å²) in [5, 5.41) is 14.7. The van der Waals surface area contributed by atoms with Crippen LogP contribution in [0.5, 0.6) is 0 Å². The first-order chi connectivity index (χ1) is 10.1. The van der Waals surface area contributed by atoms with Crippen LogP contribution >= 0.6 is 31.9 Å². The summed E-state index contributed by atoms with van der Waals surface area (Å²) in [6, 6.07) is 9.79. The summed E-state index contributed by atoms with van der Waals surface area (Å²) in [6.45, 7) is 0. The van der Waals surface area contributed by atoms with Crippen molar-refractivity contribution < 1.29 is 14.7 Å². The summed E-state index contributed by atoms with van der Waals surface area (Å²) in [5.74, 6) is 0.560. The second-order valence-corrected chi connectivity index (χ2v) is 6.61. The lowest BCUT2D eigenvalue weighted by Crippen LogP contribution is -2.43. The number of methoxy groups -OCH3 is 1. The van der Waals surface area contributed by atoms with Gasteiger partial charge in [-0.2, -0.15) is 0 Å². The van der Waals surface area contributed by atoms with E-state index in [0.29, 0.717) is 16.7 Å². The van der Waals surface area contributed by atoms with Crippen LogP contribution in [-0.4, -0.2) is 29.6 Å². The molecule has 0 fully saturated rings. The normalized spacial score (nSPS) is 28.3. The Morgan fingerprint density at radius 2 is 2.05 bits per heavy atom. The van der Waals surface area contributed by atoms with E-state index in [1.54, 1.807) is 13.2 Å². The maximum Gasteiger partial charge on any atom is 0.193 e. The van der Waals surface area contributed by atoms with Crippen molar-refractivity contribution in [2.24, 2.45) is 5.16 Å². The van der Waals surface area contributed by atoms with Crippen LogP contribution in [-0.2, 0) is 9.57 Å². The molecule has 2 aliphatic rings. The van der Waals surface area contributed by atoms with Gasteiger partial charge in [0.2, 0.25) is 0 Å². The smallest absolute Gasteiger partial charge is 0.193 e. The van der Waals surface area contributed by atoms with Crippen LogP contribution in [0.25, 0.3) is 0 Å². The van der Waals surface area contributed by atoms with Gasteiger partial charge < -0.3 is 14.7 Å². The molecule has 0 aromatic heterocycles. The number of benzene rings is 1. The molecule has 1 heterocycles. The number of rotatable bonds is 2. The van der Waals surface area contributed by atoms with Gasteiger partial charge in [-0.1, -0.05) is 35.5 Å². The van der Waals surface area contributed by atoms with Crippen LogP contribution in [0.3, 0.4) is 0 Å². The van der Waals surface area contributed by atoms with Crippen molar-refractivity contribution in [3.8, 4) is 0 Å². The molecule has 0 saturated heterocycles. The van der Waals surface area contributed by atoms with Crippen LogP contribution < -0.4 is 0 Å². The lowest BCUT2D eigenvalue weighted by Gasteiger charge is -2.33. The van der Waals surface area contributed by atoms with Crippen molar-refractivity contribution in [1.82, 2.24) is 0 Å². The molecule has 0 saturated carbocycles. The highest BCUT2D eigenvalue weighted by atomic mass is 79.9. The Bertz CT molecular complexity index is 654. The molecule has 1 aromatic rings. The zero-order valence-electron chi connectivity index (χ0n) is 11.2. The highest BCUT2D eigenvalue weighted by Crippen LogP contribution is 2.44. The molecule has 0 bridgehead atoms. The number of aliphatic hydroxyl groups is 1. The van der Waals surface area contributed by atoms with Crippen LogP contribution in [0.2, 0.25) is 0 Å². The van der Waals surface area contributed by atoms with E-state index in [0.717, 1.165) is 15.8 Å².